The number of rotatable bonds is 5. The van der Waals surface area contributed by atoms with E-state index in [2.05, 4.69) is 12.2 Å². The summed E-state index contributed by atoms with van der Waals surface area (Å²) in [5.41, 5.74) is 1.82. The van der Waals surface area contributed by atoms with Crippen LogP contribution in [0.3, 0.4) is 0 Å². The fourth-order valence-electron chi connectivity index (χ4n) is 4.84. The first kappa shape index (κ1) is 20.9. The van der Waals surface area contributed by atoms with Crippen LogP contribution < -0.4 is 5.32 Å². The molecule has 0 spiro atoms. The van der Waals surface area contributed by atoms with E-state index in [1.165, 1.54) is 6.42 Å². The standard InChI is InChI=1S/C24H34N4O2/c1-17-12-14-27(15-13-17)22(29)16-28-21-11-7-6-10-20(21)26-23(28)18(2)25-24(30)19-8-4-3-5-9-19/h6-7,10-11,17-19H,3-5,8-9,12-16H2,1-2H3,(H,25,30). The minimum Gasteiger partial charge on any atom is -0.346 e. The summed E-state index contributed by atoms with van der Waals surface area (Å²) >= 11 is 0. The number of nitrogens with zero attached hydrogens (tertiary/aromatic N) is 3. The summed E-state index contributed by atoms with van der Waals surface area (Å²) in [5, 5.41) is 3.18. The Kier molecular flexibility index (Phi) is 6.40. The first-order valence-electron chi connectivity index (χ1n) is 11.6. The molecule has 1 unspecified atom stereocenters. The predicted octanol–water partition coefficient (Wildman–Crippen LogP) is 4.05. The molecule has 1 aliphatic heterocycles. The summed E-state index contributed by atoms with van der Waals surface area (Å²) in [6.07, 6.45) is 7.57. The van der Waals surface area contributed by atoms with Gasteiger partial charge in [0.2, 0.25) is 11.8 Å². The molecule has 2 aromatic rings. The van der Waals surface area contributed by atoms with Crippen molar-refractivity contribution in [3.05, 3.63) is 30.1 Å². The number of fused-ring (bicyclic) bond motifs is 1. The van der Waals surface area contributed by atoms with Crippen LogP contribution in [-0.4, -0.2) is 39.4 Å². The van der Waals surface area contributed by atoms with E-state index in [-0.39, 0.29) is 30.3 Å². The molecule has 1 aromatic heterocycles. The zero-order valence-electron chi connectivity index (χ0n) is 18.3. The molecular weight excluding hydrogens is 376 g/mol. The molecule has 1 saturated carbocycles. The molecule has 2 amide bonds. The van der Waals surface area contributed by atoms with Gasteiger partial charge in [0.15, 0.2) is 0 Å². The zero-order chi connectivity index (χ0) is 21.1. The lowest BCUT2D eigenvalue weighted by Gasteiger charge is -2.31. The van der Waals surface area contributed by atoms with Crippen LogP contribution in [0.4, 0.5) is 0 Å². The number of benzene rings is 1. The minimum atomic E-state index is -0.235. The number of nitrogens with one attached hydrogen (secondary N) is 1. The number of carbonyl (C=O) groups is 2. The molecule has 1 atom stereocenters. The second-order valence-electron chi connectivity index (χ2n) is 9.17. The van der Waals surface area contributed by atoms with E-state index in [4.69, 9.17) is 4.98 Å². The number of piperidine rings is 1. The lowest BCUT2D eigenvalue weighted by atomic mass is 9.88. The normalized spacial score (nSPS) is 19.7. The molecule has 0 bridgehead atoms. The monoisotopic (exact) mass is 410 g/mol. The average Bonchev–Trinajstić information content (AvgIpc) is 3.13. The summed E-state index contributed by atoms with van der Waals surface area (Å²) in [4.78, 5) is 32.6. The Hall–Kier alpha value is -2.37. The lowest BCUT2D eigenvalue weighted by molar-refractivity contribution is -0.133. The molecule has 30 heavy (non-hydrogen) atoms. The van der Waals surface area contributed by atoms with Gasteiger partial charge in [-0.2, -0.15) is 0 Å². The van der Waals surface area contributed by atoms with Crippen molar-refractivity contribution >= 4 is 22.8 Å². The van der Waals surface area contributed by atoms with Crippen molar-refractivity contribution in [2.45, 2.75) is 71.4 Å². The summed E-state index contributed by atoms with van der Waals surface area (Å²) in [7, 11) is 0. The van der Waals surface area contributed by atoms with Crippen LogP contribution in [0.15, 0.2) is 24.3 Å². The Labute approximate surface area is 179 Å². The number of likely N-dealkylation sites (tertiary alicyclic amines) is 1. The lowest BCUT2D eigenvalue weighted by Crippen LogP contribution is -2.40. The molecule has 1 saturated heterocycles. The van der Waals surface area contributed by atoms with Gasteiger partial charge in [-0.05, 0) is 50.7 Å². The molecule has 1 N–H and O–H groups in total. The maximum absolute atomic E-state index is 13.1. The van der Waals surface area contributed by atoms with Gasteiger partial charge in [0, 0.05) is 19.0 Å². The van der Waals surface area contributed by atoms with Crippen molar-refractivity contribution in [1.82, 2.24) is 19.8 Å². The Morgan fingerprint density at radius 3 is 2.53 bits per heavy atom. The molecule has 2 aliphatic rings. The van der Waals surface area contributed by atoms with Crippen LogP contribution in [-0.2, 0) is 16.1 Å². The third kappa shape index (κ3) is 4.52. The van der Waals surface area contributed by atoms with E-state index in [9.17, 15) is 9.59 Å². The largest absolute Gasteiger partial charge is 0.346 e. The molecule has 0 radical (unpaired) electrons. The predicted molar refractivity (Wildman–Crippen MR) is 118 cm³/mol. The third-order valence-electron chi connectivity index (χ3n) is 6.84. The quantitative estimate of drug-likeness (QED) is 0.808. The van der Waals surface area contributed by atoms with Crippen LogP contribution in [0, 0.1) is 11.8 Å². The van der Waals surface area contributed by atoms with E-state index in [0.29, 0.717) is 5.92 Å². The number of hydrogen-bond donors (Lipinski definition) is 1. The number of amides is 2. The molecule has 2 fully saturated rings. The van der Waals surface area contributed by atoms with Crippen molar-refractivity contribution in [2.75, 3.05) is 13.1 Å². The van der Waals surface area contributed by atoms with Crippen LogP contribution >= 0.6 is 0 Å². The van der Waals surface area contributed by atoms with Gasteiger partial charge in [-0.15, -0.1) is 0 Å². The molecule has 6 nitrogen and oxygen atoms in total. The van der Waals surface area contributed by atoms with Crippen LogP contribution in [0.1, 0.15) is 70.7 Å². The minimum absolute atomic E-state index is 0.107. The van der Waals surface area contributed by atoms with Crippen LogP contribution in [0.2, 0.25) is 0 Å². The number of carbonyl (C=O) groups excluding carboxylic acids is 2. The summed E-state index contributed by atoms with van der Waals surface area (Å²) in [5.74, 6) is 1.82. The third-order valence-corrected chi connectivity index (χ3v) is 6.84. The maximum atomic E-state index is 13.1. The maximum Gasteiger partial charge on any atom is 0.242 e. The molecule has 6 heteroatoms. The smallest absolute Gasteiger partial charge is 0.242 e. The second-order valence-corrected chi connectivity index (χ2v) is 9.17. The van der Waals surface area contributed by atoms with E-state index < -0.39 is 0 Å². The van der Waals surface area contributed by atoms with Crippen molar-refractivity contribution in [3.63, 3.8) is 0 Å². The second kappa shape index (κ2) is 9.19. The van der Waals surface area contributed by atoms with E-state index >= 15 is 0 Å². The highest BCUT2D eigenvalue weighted by Crippen LogP contribution is 2.26. The number of aromatic nitrogens is 2. The van der Waals surface area contributed by atoms with Gasteiger partial charge < -0.3 is 14.8 Å². The Balaban J connectivity index is 1.53. The fourth-order valence-corrected chi connectivity index (χ4v) is 4.84. The number of para-hydroxylation sites is 2. The number of imidazole rings is 1. The zero-order valence-corrected chi connectivity index (χ0v) is 18.3. The Morgan fingerprint density at radius 2 is 1.80 bits per heavy atom. The molecule has 1 aromatic carbocycles. The van der Waals surface area contributed by atoms with Crippen molar-refractivity contribution < 1.29 is 9.59 Å². The van der Waals surface area contributed by atoms with E-state index in [1.807, 2.05) is 40.7 Å². The van der Waals surface area contributed by atoms with Crippen molar-refractivity contribution in [1.29, 1.82) is 0 Å². The first-order valence-corrected chi connectivity index (χ1v) is 11.6. The first-order chi connectivity index (χ1) is 14.5. The van der Waals surface area contributed by atoms with Gasteiger partial charge in [0.1, 0.15) is 12.4 Å². The average molecular weight is 411 g/mol. The molecular formula is C24H34N4O2. The Morgan fingerprint density at radius 1 is 1.10 bits per heavy atom. The topological polar surface area (TPSA) is 67.2 Å². The van der Waals surface area contributed by atoms with Gasteiger partial charge in [0.05, 0.1) is 17.1 Å². The van der Waals surface area contributed by atoms with E-state index in [0.717, 1.165) is 68.5 Å². The summed E-state index contributed by atoms with van der Waals surface area (Å²) < 4.78 is 2.00. The summed E-state index contributed by atoms with van der Waals surface area (Å²) in [6.45, 7) is 6.16. The summed E-state index contributed by atoms with van der Waals surface area (Å²) in [6, 6.07) is 7.68. The van der Waals surface area contributed by atoms with Crippen LogP contribution in [0.25, 0.3) is 11.0 Å². The van der Waals surface area contributed by atoms with E-state index in [1.54, 1.807) is 0 Å². The highest BCUT2D eigenvalue weighted by molar-refractivity contribution is 5.82. The van der Waals surface area contributed by atoms with Gasteiger partial charge in [-0.25, -0.2) is 4.98 Å². The molecule has 2 heterocycles. The van der Waals surface area contributed by atoms with Crippen LogP contribution in [0.5, 0.6) is 0 Å². The molecule has 162 valence electrons. The fraction of sp³-hybridized carbons (Fsp3) is 0.625. The SMILES string of the molecule is CC1CCN(C(=O)Cn2c(C(C)NC(=O)C3CCCCC3)nc3ccccc32)CC1. The van der Waals surface area contributed by atoms with Crippen molar-refractivity contribution in [2.24, 2.45) is 11.8 Å². The Bertz CT molecular complexity index is 892. The van der Waals surface area contributed by atoms with Crippen molar-refractivity contribution in [3.8, 4) is 0 Å². The van der Waals surface area contributed by atoms with Gasteiger partial charge in [-0.1, -0.05) is 38.3 Å². The highest BCUT2D eigenvalue weighted by Gasteiger charge is 2.27. The molecule has 4 rings (SSSR count). The van der Waals surface area contributed by atoms with Gasteiger partial charge >= 0.3 is 0 Å². The molecule has 1 aliphatic carbocycles. The van der Waals surface area contributed by atoms with Gasteiger partial charge in [0.25, 0.3) is 0 Å². The number of hydrogen-bond acceptors (Lipinski definition) is 3. The van der Waals surface area contributed by atoms with Gasteiger partial charge in [-0.3, -0.25) is 9.59 Å². The highest BCUT2D eigenvalue weighted by atomic mass is 16.2.